The van der Waals surface area contributed by atoms with Gasteiger partial charge in [-0.3, -0.25) is 4.68 Å². The first kappa shape index (κ1) is 13.3. The summed E-state index contributed by atoms with van der Waals surface area (Å²) < 4.78 is 3.07. The Morgan fingerprint density at radius 3 is 2.83 bits per heavy atom. The standard InChI is InChI=1S/C15H19BrN2/c1-4-7-11(8-5-2)15-12-9-6-10-13(16)14(12)17-18(15)3/h6-7,9-10H,4-5,8H2,1-3H3/b11-7-. The number of hydrogen-bond acceptors (Lipinski definition) is 1. The molecule has 0 aliphatic heterocycles. The minimum Gasteiger partial charge on any atom is -0.267 e. The lowest BCUT2D eigenvalue weighted by molar-refractivity contribution is 0.760. The second-order valence-electron chi connectivity index (χ2n) is 4.50. The van der Waals surface area contributed by atoms with Crippen LogP contribution in [0.3, 0.4) is 0 Å². The zero-order chi connectivity index (χ0) is 13.1. The van der Waals surface area contributed by atoms with Crippen molar-refractivity contribution in [1.82, 2.24) is 9.78 Å². The van der Waals surface area contributed by atoms with E-state index in [-0.39, 0.29) is 0 Å². The second-order valence-corrected chi connectivity index (χ2v) is 5.35. The molecule has 0 saturated heterocycles. The lowest BCUT2D eigenvalue weighted by Gasteiger charge is -2.07. The first-order valence-electron chi connectivity index (χ1n) is 6.49. The average molecular weight is 307 g/mol. The maximum absolute atomic E-state index is 4.63. The van der Waals surface area contributed by atoms with Crippen LogP contribution in [0.2, 0.25) is 0 Å². The van der Waals surface area contributed by atoms with Gasteiger partial charge in [0.2, 0.25) is 0 Å². The van der Waals surface area contributed by atoms with Crippen molar-refractivity contribution in [3.05, 3.63) is 34.4 Å². The molecule has 0 radical (unpaired) electrons. The first-order chi connectivity index (χ1) is 8.69. The van der Waals surface area contributed by atoms with Crippen molar-refractivity contribution in [1.29, 1.82) is 0 Å². The smallest absolute Gasteiger partial charge is 0.107 e. The van der Waals surface area contributed by atoms with Crippen molar-refractivity contribution in [3.8, 4) is 0 Å². The van der Waals surface area contributed by atoms with E-state index in [9.17, 15) is 0 Å². The van der Waals surface area contributed by atoms with Crippen LogP contribution in [0.15, 0.2) is 28.7 Å². The van der Waals surface area contributed by atoms with Gasteiger partial charge in [0.05, 0.1) is 5.69 Å². The van der Waals surface area contributed by atoms with Gasteiger partial charge in [0.25, 0.3) is 0 Å². The lowest BCUT2D eigenvalue weighted by atomic mass is 10.0. The van der Waals surface area contributed by atoms with E-state index < -0.39 is 0 Å². The van der Waals surface area contributed by atoms with E-state index >= 15 is 0 Å². The highest BCUT2D eigenvalue weighted by molar-refractivity contribution is 9.10. The Kier molecular flexibility index (Phi) is 4.23. The van der Waals surface area contributed by atoms with Gasteiger partial charge in [-0.25, -0.2) is 0 Å². The number of aromatic nitrogens is 2. The van der Waals surface area contributed by atoms with Gasteiger partial charge in [0, 0.05) is 16.9 Å². The van der Waals surface area contributed by atoms with Crippen LogP contribution in [-0.2, 0) is 7.05 Å². The number of allylic oxidation sites excluding steroid dienone is 2. The van der Waals surface area contributed by atoms with Gasteiger partial charge < -0.3 is 0 Å². The number of benzene rings is 1. The van der Waals surface area contributed by atoms with Gasteiger partial charge in [0.15, 0.2) is 0 Å². The van der Waals surface area contributed by atoms with Crippen molar-refractivity contribution in [3.63, 3.8) is 0 Å². The molecule has 96 valence electrons. The van der Waals surface area contributed by atoms with E-state index in [1.165, 1.54) is 16.7 Å². The number of aryl methyl sites for hydroxylation is 1. The zero-order valence-corrected chi connectivity index (χ0v) is 12.8. The van der Waals surface area contributed by atoms with E-state index in [1.54, 1.807) is 0 Å². The van der Waals surface area contributed by atoms with Crippen LogP contribution in [-0.4, -0.2) is 9.78 Å². The molecule has 0 bridgehead atoms. The molecule has 0 fully saturated rings. The number of halogens is 1. The summed E-state index contributed by atoms with van der Waals surface area (Å²) in [6, 6.07) is 6.27. The fourth-order valence-electron chi connectivity index (χ4n) is 2.40. The van der Waals surface area contributed by atoms with Crippen molar-refractivity contribution in [2.45, 2.75) is 33.1 Å². The Hall–Kier alpha value is -1.09. The molecule has 0 saturated carbocycles. The molecule has 1 heterocycles. The van der Waals surface area contributed by atoms with Crippen LogP contribution in [0, 0.1) is 0 Å². The summed E-state index contributed by atoms with van der Waals surface area (Å²) in [4.78, 5) is 0. The van der Waals surface area contributed by atoms with Gasteiger partial charge >= 0.3 is 0 Å². The predicted octanol–water partition coefficient (Wildman–Crippen LogP) is 4.93. The van der Waals surface area contributed by atoms with Crippen LogP contribution in [0.4, 0.5) is 0 Å². The largest absolute Gasteiger partial charge is 0.267 e. The molecule has 0 aliphatic carbocycles. The molecule has 0 atom stereocenters. The molecular formula is C15H19BrN2. The molecule has 0 unspecified atom stereocenters. The summed E-state index contributed by atoms with van der Waals surface area (Å²) in [6.45, 7) is 4.40. The van der Waals surface area contributed by atoms with Crippen LogP contribution in [0.5, 0.6) is 0 Å². The third kappa shape index (κ3) is 2.37. The molecule has 0 N–H and O–H groups in total. The topological polar surface area (TPSA) is 17.8 Å². The van der Waals surface area contributed by atoms with Gasteiger partial charge in [-0.05, 0) is 40.4 Å². The maximum atomic E-state index is 4.63. The molecular weight excluding hydrogens is 288 g/mol. The molecule has 0 spiro atoms. The highest BCUT2D eigenvalue weighted by Gasteiger charge is 2.13. The number of nitrogens with zero attached hydrogens (tertiary/aromatic N) is 2. The molecule has 2 rings (SSSR count). The van der Waals surface area contributed by atoms with Crippen molar-refractivity contribution in [2.24, 2.45) is 7.05 Å². The summed E-state index contributed by atoms with van der Waals surface area (Å²) in [5.74, 6) is 0. The number of rotatable bonds is 4. The van der Waals surface area contributed by atoms with E-state index in [1.807, 2.05) is 17.8 Å². The van der Waals surface area contributed by atoms with Crippen molar-refractivity contribution >= 4 is 32.4 Å². The Morgan fingerprint density at radius 1 is 1.39 bits per heavy atom. The molecule has 2 aromatic rings. The highest BCUT2D eigenvalue weighted by Crippen LogP contribution is 2.31. The second kappa shape index (κ2) is 5.70. The Balaban J connectivity index is 2.66. The van der Waals surface area contributed by atoms with Gasteiger partial charge in [-0.15, -0.1) is 0 Å². The molecule has 0 amide bonds. The quantitative estimate of drug-likeness (QED) is 0.783. The Labute approximate surface area is 117 Å². The SMILES string of the molecule is CC/C=C(/CCC)c1c2cccc(Br)c2nn1C. The summed E-state index contributed by atoms with van der Waals surface area (Å²) in [5.41, 5.74) is 3.71. The molecule has 18 heavy (non-hydrogen) atoms. The summed E-state index contributed by atoms with van der Waals surface area (Å²) in [5, 5.41) is 5.86. The third-order valence-corrected chi connectivity index (χ3v) is 3.73. The van der Waals surface area contributed by atoms with Gasteiger partial charge in [0.1, 0.15) is 5.52 Å². The highest BCUT2D eigenvalue weighted by atomic mass is 79.9. The van der Waals surface area contributed by atoms with E-state index in [0.29, 0.717) is 0 Å². The summed E-state index contributed by atoms with van der Waals surface area (Å²) >= 11 is 3.58. The van der Waals surface area contributed by atoms with Crippen molar-refractivity contribution in [2.75, 3.05) is 0 Å². The van der Waals surface area contributed by atoms with E-state index in [2.05, 4.69) is 53.1 Å². The zero-order valence-electron chi connectivity index (χ0n) is 11.2. The monoisotopic (exact) mass is 306 g/mol. The number of hydrogen-bond donors (Lipinski definition) is 0. The fourth-order valence-corrected chi connectivity index (χ4v) is 2.84. The minimum absolute atomic E-state index is 1.05. The molecule has 1 aromatic heterocycles. The van der Waals surface area contributed by atoms with E-state index in [0.717, 1.165) is 29.3 Å². The minimum atomic E-state index is 1.05. The fraction of sp³-hybridized carbons (Fsp3) is 0.400. The Morgan fingerprint density at radius 2 is 2.17 bits per heavy atom. The Bertz CT molecular complexity index is 581. The molecule has 2 nitrogen and oxygen atoms in total. The lowest BCUT2D eigenvalue weighted by Crippen LogP contribution is -1.98. The molecule has 3 heteroatoms. The summed E-state index contributed by atoms with van der Waals surface area (Å²) in [6.07, 6.45) is 5.65. The molecule has 0 aliphatic rings. The van der Waals surface area contributed by atoms with E-state index in [4.69, 9.17) is 0 Å². The summed E-state index contributed by atoms with van der Waals surface area (Å²) in [7, 11) is 2.03. The normalized spacial score (nSPS) is 12.3. The number of fused-ring (bicyclic) bond motifs is 1. The average Bonchev–Trinajstić information content (AvgIpc) is 2.67. The van der Waals surface area contributed by atoms with Crippen LogP contribution < -0.4 is 0 Å². The van der Waals surface area contributed by atoms with Gasteiger partial charge in [-0.2, -0.15) is 5.10 Å². The third-order valence-electron chi connectivity index (χ3n) is 3.09. The first-order valence-corrected chi connectivity index (χ1v) is 7.29. The van der Waals surface area contributed by atoms with Crippen LogP contribution >= 0.6 is 15.9 Å². The maximum Gasteiger partial charge on any atom is 0.107 e. The van der Waals surface area contributed by atoms with Crippen LogP contribution in [0.1, 0.15) is 38.8 Å². The van der Waals surface area contributed by atoms with Crippen molar-refractivity contribution < 1.29 is 0 Å². The predicted molar refractivity (Wildman–Crippen MR) is 81.6 cm³/mol. The molecule has 1 aromatic carbocycles. The van der Waals surface area contributed by atoms with Crippen LogP contribution in [0.25, 0.3) is 16.5 Å². The van der Waals surface area contributed by atoms with Gasteiger partial charge in [-0.1, -0.05) is 38.5 Å².